The van der Waals surface area contributed by atoms with Crippen LogP contribution >= 0.6 is 0 Å². The second-order valence-corrected chi connectivity index (χ2v) is 9.14. The van der Waals surface area contributed by atoms with E-state index in [0.717, 1.165) is 36.4 Å². The normalized spacial score (nSPS) is 13.0. The molecule has 0 spiro atoms. The van der Waals surface area contributed by atoms with Gasteiger partial charge in [0.25, 0.3) is 0 Å². The van der Waals surface area contributed by atoms with Crippen molar-refractivity contribution in [3.63, 3.8) is 0 Å². The molecule has 0 aliphatic rings. The van der Waals surface area contributed by atoms with Gasteiger partial charge in [0.05, 0.1) is 16.7 Å². The number of benzene rings is 3. The van der Waals surface area contributed by atoms with Gasteiger partial charge in [0.1, 0.15) is 0 Å². The van der Waals surface area contributed by atoms with Crippen LogP contribution < -0.4 is 0 Å². The molecular formula is C27H24BF9O3. The standard InChI is InChI=1S/C27H24BF9O3/c29-25(30,31)21-10-4-18(5-11-21)24(16-2-1-3-17-40-28(38)39,19-6-12-22(13-7-19)26(32,33)34)20-8-14-23(15-9-20)27(35,36)37/h4-15,38-39H,1-3,16-17H2. The van der Waals surface area contributed by atoms with Crippen molar-refractivity contribution in [1.29, 1.82) is 0 Å². The van der Waals surface area contributed by atoms with Crippen LogP contribution in [0.2, 0.25) is 0 Å². The van der Waals surface area contributed by atoms with Crippen molar-refractivity contribution in [1.82, 2.24) is 0 Å². The molecule has 40 heavy (non-hydrogen) atoms. The minimum absolute atomic E-state index is 0.0362. The average Bonchev–Trinajstić information content (AvgIpc) is 2.87. The first kappa shape index (κ1) is 31.5. The second kappa shape index (κ2) is 12.2. The summed E-state index contributed by atoms with van der Waals surface area (Å²) in [6, 6.07) is 11.9. The molecule has 0 radical (unpaired) electrons. The van der Waals surface area contributed by atoms with Crippen molar-refractivity contribution < 1.29 is 54.2 Å². The van der Waals surface area contributed by atoms with Crippen LogP contribution in [0.15, 0.2) is 72.8 Å². The Labute approximate surface area is 224 Å². The van der Waals surface area contributed by atoms with Gasteiger partial charge in [-0.05, 0) is 65.9 Å². The number of halogens is 9. The zero-order chi connectivity index (χ0) is 29.8. The molecule has 0 aliphatic heterocycles. The Bertz CT molecular complexity index is 1080. The molecule has 13 heteroatoms. The molecule has 3 aromatic carbocycles. The largest absolute Gasteiger partial charge is 0.633 e. The molecule has 3 rings (SSSR count). The molecule has 0 bridgehead atoms. The summed E-state index contributed by atoms with van der Waals surface area (Å²) in [5.41, 5.74) is -3.61. The molecule has 0 heterocycles. The van der Waals surface area contributed by atoms with Gasteiger partial charge in [0.2, 0.25) is 0 Å². The van der Waals surface area contributed by atoms with Crippen molar-refractivity contribution >= 4 is 7.32 Å². The number of unbranched alkanes of at least 4 members (excludes halogenated alkanes) is 2. The highest BCUT2D eigenvalue weighted by Gasteiger charge is 2.39. The van der Waals surface area contributed by atoms with E-state index in [2.05, 4.69) is 4.65 Å². The molecular weight excluding hydrogens is 554 g/mol. The van der Waals surface area contributed by atoms with E-state index in [4.69, 9.17) is 10.0 Å². The Balaban J connectivity index is 2.17. The van der Waals surface area contributed by atoms with E-state index in [1.54, 1.807) is 0 Å². The third kappa shape index (κ3) is 7.58. The molecule has 0 saturated heterocycles. The predicted octanol–water partition coefficient (Wildman–Crippen LogP) is 7.62. The Morgan fingerprint density at radius 3 is 1.05 bits per heavy atom. The van der Waals surface area contributed by atoms with E-state index in [1.807, 2.05) is 0 Å². The number of rotatable bonds is 10. The van der Waals surface area contributed by atoms with Crippen LogP contribution in [0.1, 0.15) is 59.1 Å². The van der Waals surface area contributed by atoms with E-state index in [9.17, 15) is 39.5 Å². The molecule has 0 aromatic heterocycles. The maximum absolute atomic E-state index is 13.3. The highest BCUT2D eigenvalue weighted by atomic mass is 19.4. The third-order valence-corrected chi connectivity index (χ3v) is 6.58. The van der Waals surface area contributed by atoms with Crippen molar-refractivity contribution in [2.75, 3.05) is 6.61 Å². The molecule has 0 unspecified atom stereocenters. The highest BCUT2D eigenvalue weighted by Crippen LogP contribution is 2.46. The Hall–Kier alpha value is -3.03. The monoisotopic (exact) mass is 578 g/mol. The van der Waals surface area contributed by atoms with Crippen molar-refractivity contribution in [2.45, 2.75) is 49.6 Å². The summed E-state index contributed by atoms with van der Waals surface area (Å²) in [6.45, 7) is -0.0362. The maximum Gasteiger partial charge on any atom is 0.633 e. The van der Waals surface area contributed by atoms with Gasteiger partial charge >= 0.3 is 25.9 Å². The van der Waals surface area contributed by atoms with E-state index >= 15 is 0 Å². The summed E-state index contributed by atoms with van der Waals surface area (Å²) in [5.74, 6) is 0. The smallest absolute Gasteiger partial charge is 0.402 e. The van der Waals surface area contributed by atoms with Gasteiger partial charge in [-0.2, -0.15) is 39.5 Å². The average molecular weight is 578 g/mol. The number of hydrogen-bond acceptors (Lipinski definition) is 3. The zero-order valence-corrected chi connectivity index (χ0v) is 20.7. The van der Waals surface area contributed by atoms with Crippen LogP contribution in [-0.4, -0.2) is 24.0 Å². The molecule has 0 atom stereocenters. The van der Waals surface area contributed by atoms with Crippen LogP contribution in [0.4, 0.5) is 39.5 Å². The van der Waals surface area contributed by atoms with Gasteiger partial charge in [0.15, 0.2) is 0 Å². The van der Waals surface area contributed by atoms with Crippen LogP contribution in [-0.2, 0) is 28.6 Å². The lowest BCUT2D eigenvalue weighted by molar-refractivity contribution is -0.138. The van der Waals surface area contributed by atoms with Crippen LogP contribution in [0, 0.1) is 0 Å². The molecule has 216 valence electrons. The van der Waals surface area contributed by atoms with E-state index in [0.29, 0.717) is 19.3 Å². The molecule has 0 aliphatic carbocycles. The summed E-state index contributed by atoms with van der Waals surface area (Å²) in [5, 5.41) is 17.6. The van der Waals surface area contributed by atoms with E-state index in [-0.39, 0.29) is 29.7 Å². The van der Waals surface area contributed by atoms with Gasteiger partial charge < -0.3 is 14.7 Å². The summed E-state index contributed by atoms with van der Waals surface area (Å²) < 4.78 is 124. The first-order chi connectivity index (χ1) is 18.5. The minimum Gasteiger partial charge on any atom is -0.402 e. The molecule has 0 fully saturated rings. The predicted molar refractivity (Wildman–Crippen MR) is 129 cm³/mol. The Kier molecular flexibility index (Phi) is 9.63. The summed E-state index contributed by atoms with van der Waals surface area (Å²) in [4.78, 5) is 0. The van der Waals surface area contributed by atoms with Crippen LogP contribution in [0.5, 0.6) is 0 Å². The topological polar surface area (TPSA) is 49.7 Å². The highest BCUT2D eigenvalue weighted by molar-refractivity contribution is 6.32. The fraction of sp³-hybridized carbons (Fsp3) is 0.333. The second-order valence-electron chi connectivity index (χ2n) is 9.14. The van der Waals surface area contributed by atoms with Crippen molar-refractivity contribution in [3.8, 4) is 0 Å². The summed E-state index contributed by atoms with van der Waals surface area (Å²) >= 11 is 0. The Morgan fingerprint density at radius 1 is 0.475 bits per heavy atom. The van der Waals surface area contributed by atoms with Gasteiger partial charge in [-0.25, -0.2) is 0 Å². The SMILES string of the molecule is OB(O)OCCCCCC(c1ccc(C(F)(F)F)cc1)(c1ccc(C(F)(F)F)cc1)c1ccc(C(F)(F)F)cc1. The number of hydrogen-bond donors (Lipinski definition) is 2. The van der Waals surface area contributed by atoms with Crippen molar-refractivity contribution in [2.24, 2.45) is 0 Å². The molecule has 2 N–H and O–H groups in total. The lowest BCUT2D eigenvalue weighted by Crippen LogP contribution is -2.30. The van der Waals surface area contributed by atoms with Gasteiger partial charge in [-0.15, -0.1) is 0 Å². The third-order valence-electron chi connectivity index (χ3n) is 6.58. The fourth-order valence-electron chi connectivity index (χ4n) is 4.62. The molecule has 0 saturated carbocycles. The number of alkyl halides is 9. The van der Waals surface area contributed by atoms with Crippen LogP contribution in [0.3, 0.4) is 0 Å². The lowest BCUT2D eigenvalue weighted by atomic mass is 9.66. The van der Waals surface area contributed by atoms with E-state index in [1.165, 1.54) is 36.4 Å². The Morgan fingerprint density at radius 2 is 0.775 bits per heavy atom. The minimum atomic E-state index is -4.67. The van der Waals surface area contributed by atoms with Gasteiger partial charge in [0, 0.05) is 12.0 Å². The molecule has 3 aromatic rings. The van der Waals surface area contributed by atoms with Gasteiger partial charge in [-0.3, -0.25) is 0 Å². The quantitative estimate of drug-likeness (QED) is 0.113. The lowest BCUT2D eigenvalue weighted by Gasteiger charge is -2.37. The first-order valence-electron chi connectivity index (χ1n) is 12.1. The fourth-order valence-corrected chi connectivity index (χ4v) is 4.62. The maximum atomic E-state index is 13.3. The summed E-state index contributed by atoms with van der Waals surface area (Å²) in [6.07, 6.45) is -12.9. The first-order valence-corrected chi connectivity index (χ1v) is 12.1. The van der Waals surface area contributed by atoms with E-state index < -0.39 is 48.0 Å². The molecule has 3 nitrogen and oxygen atoms in total. The van der Waals surface area contributed by atoms with Crippen LogP contribution in [0.25, 0.3) is 0 Å². The van der Waals surface area contributed by atoms with Crippen molar-refractivity contribution in [3.05, 3.63) is 106 Å². The molecule has 0 amide bonds. The summed E-state index contributed by atoms with van der Waals surface area (Å²) in [7, 11) is -1.98. The zero-order valence-electron chi connectivity index (χ0n) is 20.7. The van der Waals surface area contributed by atoms with Gasteiger partial charge in [-0.1, -0.05) is 49.2 Å².